The van der Waals surface area contributed by atoms with Crippen LogP contribution >= 0.6 is 12.8 Å². The van der Waals surface area contributed by atoms with Crippen molar-refractivity contribution in [2.24, 2.45) is 10.2 Å². The van der Waals surface area contributed by atoms with Gasteiger partial charge in [-0.1, -0.05) is 18.0 Å². The average molecular weight is 366 g/mol. The van der Waals surface area contributed by atoms with E-state index in [4.69, 9.17) is 9.78 Å². The summed E-state index contributed by atoms with van der Waals surface area (Å²) in [5.74, 6) is 0.363. The minimum atomic E-state index is 0.363. The number of nitrogens with zero attached hydrogens (tertiary/aromatic N) is 5. The first-order chi connectivity index (χ1) is 12.7. The Kier molecular flexibility index (Phi) is 5.39. The number of azo groups is 1. The average Bonchev–Trinajstić information content (AvgIpc) is 3.09. The smallest absolute Gasteiger partial charge is 0.224 e. The number of hydrogen-bond acceptors (Lipinski definition) is 8. The summed E-state index contributed by atoms with van der Waals surface area (Å²) in [4.78, 5) is 2.23. The van der Waals surface area contributed by atoms with Crippen LogP contribution in [0.15, 0.2) is 51.1 Å². The van der Waals surface area contributed by atoms with Gasteiger partial charge in [0.25, 0.3) is 0 Å². The lowest BCUT2D eigenvalue weighted by molar-refractivity contribution is 0.458. The van der Waals surface area contributed by atoms with E-state index in [1.165, 1.54) is 0 Å². The number of nitrogens with one attached hydrogen (secondary N) is 1. The molecule has 7 nitrogen and oxygen atoms in total. The number of aromatic nitrogens is 1. The van der Waals surface area contributed by atoms with E-state index in [1.54, 1.807) is 18.2 Å². The maximum atomic E-state index is 8.94. The summed E-state index contributed by atoms with van der Waals surface area (Å²) in [6.45, 7) is 6.05. The van der Waals surface area contributed by atoms with Gasteiger partial charge in [-0.2, -0.15) is 5.26 Å². The number of nitriles is 1. The molecule has 8 heteroatoms. The molecule has 1 aromatic heterocycles. The summed E-state index contributed by atoms with van der Waals surface area (Å²) in [5.41, 5.74) is 3.48. The van der Waals surface area contributed by atoms with Crippen LogP contribution in [-0.4, -0.2) is 18.2 Å². The van der Waals surface area contributed by atoms with Crippen molar-refractivity contribution in [3.05, 3.63) is 42.0 Å². The summed E-state index contributed by atoms with van der Waals surface area (Å²) in [6.07, 6.45) is 0. The third-order valence-corrected chi connectivity index (χ3v) is 4.30. The topological polar surface area (TPSA) is 89.8 Å². The van der Waals surface area contributed by atoms with Gasteiger partial charge >= 0.3 is 0 Å². The molecule has 3 aromatic rings. The molecule has 1 N–H and O–H groups in total. The SMILES string of the molecule is CCN(CC)c1ccc(/N=N/c2noc3cc(C#N)ccc23)c(NS)c1. The molecule has 0 spiro atoms. The molecule has 0 saturated heterocycles. The van der Waals surface area contributed by atoms with Gasteiger partial charge < -0.3 is 14.1 Å². The van der Waals surface area contributed by atoms with Gasteiger partial charge in [0.05, 0.1) is 22.7 Å². The molecule has 0 aliphatic rings. The maximum absolute atomic E-state index is 8.94. The van der Waals surface area contributed by atoms with Crippen molar-refractivity contribution in [2.75, 3.05) is 22.7 Å². The van der Waals surface area contributed by atoms with E-state index in [2.05, 4.69) is 57.7 Å². The number of thiol groups is 1. The normalized spacial score (nSPS) is 11.0. The highest BCUT2D eigenvalue weighted by molar-refractivity contribution is 7.81. The quantitative estimate of drug-likeness (QED) is 0.461. The van der Waals surface area contributed by atoms with Crippen molar-refractivity contribution in [1.82, 2.24) is 5.16 Å². The van der Waals surface area contributed by atoms with E-state index in [-0.39, 0.29) is 0 Å². The van der Waals surface area contributed by atoms with Crippen LogP contribution in [0.5, 0.6) is 0 Å². The summed E-state index contributed by atoms with van der Waals surface area (Å²) < 4.78 is 8.08. The molecule has 0 saturated carbocycles. The molecule has 1 heterocycles. The lowest BCUT2D eigenvalue weighted by atomic mass is 10.2. The highest BCUT2D eigenvalue weighted by Gasteiger charge is 2.10. The molecule has 0 atom stereocenters. The van der Waals surface area contributed by atoms with Gasteiger partial charge in [-0.05, 0) is 44.2 Å². The second-order valence-corrected chi connectivity index (χ2v) is 5.74. The largest absolute Gasteiger partial charge is 0.372 e. The number of rotatable bonds is 6. The van der Waals surface area contributed by atoms with Gasteiger partial charge in [0.15, 0.2) is 5.58 Å². The highest BCUT2D eigenvalue weighted by Crippen LogP contribution is 2.33. The fourth-order valence-corrected chi connectivity index (χ4v) is 2.83. The molecule has 0 radical (unpaired) electrons. The number of hydrogen-bond donors (Lipinski definition) is 2. The minimum absolute atomic E-state index is 0.363. The van der Waals surface area contributed by atoms with Crippen molar-refractivity contribution in [3.63, 3.8) is 0 Å². The van der Waals surface area contributed by atoms with E-state index in [0.29, 0.717) is 28.0 Å². The maximum Gasteiger partial charge on any atom is 0.224 e. The summed E-state index contributed by atoms with van der Waals surface area (Å²) in [5, 5.41) is 22.0. The Morgan fingerprint density at radius 2 is 2.00 bits per heavy atom. The zero-order valence-corrected chi connectivity index (χ0v) is 15.4. The van der Waals surface area contributed by atoms with E-state index in [0.717, 1.165) is 24.5 Å². The van der Waals surface area contributed by atoms with Crippen LogP contribution in [0.1, 0.15) is 19.4 Å². The first kappa shape index (κ1) is 17.8. The predicted molar refractivity (Wildman–Crippen MR) is 106 cm³/mol. The Morgan fingerprint density at radius 1 is 1.19 bits per heavy atom. The Morgan fingerprint density at radius 3 is 2.69 bits per heavy atom. The van der Waals surface area contributed by atoms with E-state index < -0.39 is 0 Å². The van der Waals surface area contributed by atoms with Crippen LogP contribution in [0.4, 0.5) is 22.9 Å². The Labute approximate surface area is 156 Å². The Hall–Kier alpha value is -3.05. The van der Waals surface area contributed by atoms with Crippen molar-refractivity contribution < 1.29 is 4.52 Å². The van der Waals surface area contributed by atoms with Gasteiger partial charge in [-0.3, -0.25) is 0 Å². The standard InChI is InChI=1S/C18H18N6OS/c1-3-24(4-2)13-6-8-15(16(10-13)23-26)20-21-18-14-7-5-12(11-19)9-17(14)25-22-18/h5-10,23,26H,3-4H2,1-2H3/b21-20+. The summed E-state index contributed by atoms with van der Waals surface area (Å²) in [6, 6.07) is 13.0. The van der Waals surface area contributed by atoms with Crippen LogP contribution in [-0.2, 0) is 0 Å². The molecule has 0 unspecified atom stereocenters. The molecule has 132 valence electrons. The number of anilines is 2. The van der Waals surface area contributed by atoms with Crippen LogP contribution < -0.4 is 9.62 Å². The van der Waals surface area contributed by atoms with Crippen molar-refractivity contribution >= 4 is 46.7 Å². The number of fused-ring (bicyclic) bond motifs is 1. The third kappa shape index (κ3) is 3.48. The second kappa shape index (κ2) is 7.89. The molecule has 3 rings (SSSR count). The van der Waals surface area contributed by atoms with E-state index >= 15 is 0 Å². The monoisotopic (exact) mass is 366 g/mol. The molecule has 26 heavy (non-hydrogen) atoms. The Balaban J connectivity index is 1.92. The Bertz CT molecular complexity index is 987. The van der Waals surface area contributed by atoms with Crippen LogP contribution in [0, 0.1) is 11.3 Å². The highest BCUT2D eigenvalue weighted by atomic mass is 32.1. The first-order valence-corrected chi connectivity index (χ1v) is 8.65. The first-order valence-electron chi connectivity index (χ1n) is 8.20. The van der Waals surface area contributed by atoms with Crippen LogP contribution in [0.2, 0.25) is 0 Å². The molecule has 0 aliphatic carbocycles. The summed E-state index contributed by atoms with van der Waals surface area (Å²) >= 11 is 4.17. The lowest BCUT2D eigenvalue weighted by Crippen LogP contribution is -2.21. The lowest BCUT2D eigenvalue weighted by Gasteiger charge is -2.21. The predicted octanol–water partition coefficient (Wildman–Crippen LogP) is 5.22. The van der Waals surface area contributed by atoms with E-state index in [1.807, 2.05) is 18.2 Å². The molecule has 0 amide bonds. The van der Waals surface area contributed by atoms with Gasteiger partial charge in [-0.15, -0.1) is 10.2 Å². The van der Waals surface area contributed by atoms with E-state index in [9.17, 15) is 0 Å². The molecule has 0 aliphatic heterocycles. The van der Waals surface area contributed by atoms with Crippen molar-refractivity contribution in [3.8, 4) is 6.07 Å². The summed E-state index contributed by atoms with van der Waals surface area (Å²) in [7, 11) is 0. The van der Waals surface area contributed by atoms with Gasteiger partial charge in [0.2, 0.25) is 5.82 Å². The van der Waals surface area contributed by atoms with Crippen LogP contribution in [0.25, 0.3) is 11.0 Å². The van der Waals surface area contributed by atoms with Gasteiger partial charge in [0.1, 0.15) is 5.69 Å². The zero-order chi connectivity index (χ0) is 18.5. The van der Waals surface area contributed by atoms with Gasteiger partial charge in [-0.25, -0.2) is 0 Å². The third-order valence-electron chi connectivity index (χ3n) is 4.06. The molecule has 0 bridgehead atoms. The molecule has 2 aromatic carbocycles. The zero-order valence-electron chi connectivity index (χ0n) is 14.5. The number of benzene rings is 2. The van der Waals surface area contributed by atoms with Crippen LogP contribution in [0.3, 0.4) is 0 Å². The molecule has 0 fully saturated rings. The van der Waals surface area contributed by atoms with Crippen molar-refractivity contribution in [1.29, 1.82) is 5.26 Å². The van der Waals surface area contributed by atoms with Crippen molar-refractivity contribution in [2.45, 2.75) is 13.8 Å². The minimum Gasteiger partial charge on any atom is -0.372 e. The molecular formula is C18H18N6OS. The fraction of sp³-hybridized carbons (Fsp3) is 0.222. The fourth-order valence-electron chi connectivity index (χ4n) is 2.65. The van der Waals surface area contributed by atoms with Gasteiger partial charge in [0, 0.05) is 24.8 Å². The molecular weight excluding hydrogens is 348 g/mol. The second-order valence-electron chi connectivity index (χ2n) is 5.51.